The third kappa shape index (κ3) is 4.48. The van der Waals surface area contributed by atoms with Gasteiger partial charge in [0.05, 0.1) is 18.0 Å². The lowest BCUT2D eigenvalue weighted by Crippen LogP contribution is -2.63. The lowest BCUT2D eigenvalue weighted by molar-refractivity contribution is -0.197. The van der Waals surface area contributed by atoms with Gasteiger partial charge in [0.2, 0.25) is 5.91 Å². The van der Waals surface area contributed by atoms with Crippen molar-refractivity contribution >= 4 is 34.9 Å². The van der Waals surface area contributed by atoms with Crippen molar-refractivity contribution in [3.63, 3.8) is 0 Å². The fourth-order valence-corrected chi connectivity index (χ4v) is 9.94. The molecule has 41 heavy (non-hydrogen) atoms. The second-order valence-corrected chi connectivity index (χ2v) is 14.1. The van der Waals surface area contributed by atoms with Crippen LogP contribution in [0.1, 0.15) is 66.2 Å². The molecular formula is C33H41NO6S. The molecule has 0 bridgehead atoms. The summed E-state index contributed by atoms with van der Waals surface area (Å²) in [6, 6.07) is 7.50. The van der Waals surface area contributed by atoms with Crippen molar-refractivity contribution in [2.75, 3.05) is 11.1 Å². The number of rotatable bonds is 7. The fourth-order valence-electron chi connectivity index (χ4n) is 9.10. The van der Waals surface area contributed by atoms with Crippen molar-refractivity contribution in [3.8, 4) is 0 Å². The Morgan fingerprint density at radius 1 is 1.20 bits per heavy atom. The summed E-state index contributed by atoms with van der Waals surface area (Å²) in [5.41, 5.74) is -0.205. The smallest absolute Gasteiger partial charge is 0.221 e. The first-order valence-electron chi connectivity index (χ1n) is 15.0. The lowest BCUT2D eigenvalue weighted by Gasteiger charge is -2.59. The van der Waals surface area contributed by atoms with Crippen LogP contribution in [0, 0.1) is 28.6 Å². The van der Waals surface area contributed by atoms with E-state index in [0.717, 1.165) is 48.3 Å². The first-order valence-corrected chi connectivity index (χ1v) is 16.0. The molecule has 0 radical (unpaired) electrons. The van der Waals surface area contributed by atoms with Gasteiger partial charge in [0.25, 0.3) is 0 Å². The highest BCUT2D eigenvalue weighted by molar-refractivity contribution is 8.00. The number of amides is 1. The summed E-state index contributed by atoms with van der Waals surface area (Å²) in [5.74, 6) is 0.511. The number of fused-ring (bicyclic) bond motifs is 7. The highest BCUT2D eigenvalue weighted by Gasteiger charge is 2.75. The van der Waals surface area contributed by atoms with Crippen LogP contribution in [-0.4, -0.2) is 52.4 Å². The molecule has 6 rings (SSSR count). The number of ether oxygens (including phenoxy) is 2. The number of allylic oxidation sites excluding steroid dienone is 4. The van der Waals surface area contributed by atoms with Crippen LogP contribution >= 0.6 is 11.8 Å². The summed E-state index contributed by atoms with van der Waals surface area (Å²) in [4.78, 5) is 38.9. The predicted molar refractivity (Wildman–Crippen MR) is 157 cm³/mol. The largest absolute Gasteiger partial charge is 0.393 e. The molecule has 3 saturated carbocycles. The van der Waals surface area contributed by atoms with Crippen LogP contribution in [0.25, 0.3) is 0 Å². The second kappa shape index (κ2) is 10.5. The Morgan fingerprint density at radius 3 is 2.66 bits per heavy atom. The van der Waals surface area contributed by atoms with Crippen molar-refractivity contribution in [2.45, 2.75) is 95.2 Å². The third-order valence-electron chi connectivity index (χ3n) is 10.8. The molecule has 1 saturated heterocycles. The Morgan fingerprint density at radius 2 is 1.95 bits per heavy atom. The molecular weight excluding hydrogens is 538 g/mol. The summed E-state index contributed by atoms with van der Waals surface area (Å²) in [7, 11) is 0. The molecule has 0 aromatic heterocycles. The van der Waals surface area contributed by atoms with E-state index in [1.54, 1.807) is 12.2 Å². The van der Waals surface area contributed by atoms with E-state index in [9.17, 15) is 19.5 Å². The molecule has 0 spiro atoms. The molecule has 1 aromatic rings. The minimum Gasteiger partial charge on any atom is -0.393 e. The lowest BCUT2D eigenvalue weighted by atomic mass is 9.46. The van der Waals surface area contributed by atoms with Crippen LogP contribution in [0.15, 0.2) is 53.0 Å². The molecule has 2 N–H and O–H groups in total. The quantitative estimate of drug-likeness (QED) is 0.413. The van der Waals surface area contributed by atoms with E-state index in [2.05, 4.69) is 26.1 Å². The topological polar surface area (TPSA) is 102 Å². The first kappa shape index (κ1) is 28.8. The molecule has 8 heteroatoms. The number of anilines is 1. The highest BCUT2D eigenvalue weighted by atomic mass is 32.2. The summed E-state index contributed by atoms with van der Waals surface area (Å²) in [6.45, 7) is 7.89. The second-order valence-electron chi connectivity index (χ2n) is 13.1. The van der Waals surface area contributed by atoms with Gasteiger partial charge in [-0.15, -0.1) is 11.8 Å². The Labute approximate surface area is 246 Å². The van der Waals surface area contributed by atoms with Crippen LogP contribution < -0.4 is 5.32 Å². The van der Waals surface area contributed by atoms with Gasteiger partial charge in [0, 0.05) is 34.3 Å². The molecule has 1 heterocycles. The van der Waals surface area contributed by atoms with Crippen LogP contribution in [0.3, 0.4) is 0 Å². The van der Waals surface area contributed by atoms with Gasteiger partial charge in [0.1, 0.15) is 0 Å². The van der Waals surface area contributed by atoms with E-state index in [0.29, 0.717) is 6.42 Å². The Balaban J connectivity index is 1.29. The minimum atomic E-state index is -1.11. The maximum absolute atomic E-state index is 14.4. The van der Waals surface area contributed by atoms with Crippen LogP contribution in [0.2, 0.25) is 0 Å². The van der Waals surface area contributed by atoms with E-state index < -0.39 is 23.4 Å². The number of hydrogen-bond acceptors (Lipinski definition) is 7. The van der Waals surface area contributed by atoms with E-state index in [1.165, 1.54) is 18.7 Å². The van der Waals surface area contributed by atoms with Gasteiger partial charge >= 0.3 is 0 Å². The zero-order chi connectivity index (χ0) is 29.2. The molecule has 5 aliphatic rings. The Kier molecular flexibility index (Phi) is 7.37. The number of ketones is 2. The number of benzene rings is 1. The van der Waals surface area contributed by atoms with Crippen LogP contribution in [0.5, 0.6) is 0 Å². The number of Topliss-reactive ketones (excluding diaryl/α,β-unsaturated/α-hetero) is 1. The average molecular weight is 580 g/mol. The van der Waals surface area contributed by atoms with E-state index >= 15 is 0 Å². The molecule has 220 valence electrons. The van der Waals surface area contributed by atoms with E-state index in [1.807, 2.05) is 30.3 Å². The van der Waals surface area contributed by atoms with Gasteiger partial charge in [-0.05, 0) is 80.4 Å². The Bertz CT molecular complexity index is 1310. The SMILES string of the molecule is CCCC1O[C@@H]2CC3C4CCC5=CC(=O)C=CC5(C)C4[C@@H](O)CC3(C)[C@]2(C(=O)CSc2ccc(NC(C)=O)cc2)O1. The molecule has 4 aliphatic carbocycles. The molecule has 9 atom stereocenters. The number of nitrogens with one attached hydrogen (secondary N) is 1. The van der Waals surface area contributed by atoms with Gasteiger partial charge in [-0.25, -0.2) is 0 Å². The van der Waals surface area contributed by atoms with Gasteiger partial charge in [0.15, 0.2) is 23.5 Å². The summed E-state index contributed by atoms with van der Waals surface area (Å²) >= 11 is 1.47. The van der Waals surface area contributed by atoms with Gasteiger partial charge in [-0.1, -0.05) is 38.8 Å². The number of thioether (sulfide) groups is 1. The molecule has 1 amide bonds. The predicted octanol–water partition coefficient (Wildman–Crippen LogP) is 5.48. The van der Waals surface area contributed by atoms with Gasteiger partial charge < -0.3 is 19.9 Å². The van der Waals surface area contributed by atoms with Crippen LogP contribution in [0.4, 0.5) is 5.69 Å². The third-order valence-corrected chi connectivity index (χ3v) is 11.8. The maximum atomic E-state index is 14.4. The van der Waals surface area contributed by atoms with Crippen LogP contribution in [-0.2, 0) is 23.9 Å². The average Bonchev–Trinajstić information content (AvgIpc) is 3.40. The summed E-state index contributed by atoms with van der Waals surface area (Å²) in [5, 5.41) is 14.7. The monoisotopic (exact) mass is 579 g/mol. The highest BCUT2D eigenvalue weighted by Crippen LogP contribution is 2.69. The van der Waals surface area contributed by atoms with Crippen molar-refractivity contribution in [1.29, 1.82) is 0 Å². The first-order chi connectivity index (χ1) is 19.5. The van der Waals surface area contributed by atoms with Crippen molar-refractivity contribution in [1.82, 2.24) is 0 Å². The number of hydrogen-bond donors (Lipinski definition) is 2. The van der Waals surface area contributed by atoms with E-state index in [-0.39, 0.29) is 52.5 Å². The number of carbonyl (C=O) groups is 3. The standard InChI is InChI=1S/C33H41NO6S/c1-5-6-29-39-28-16-25-24-12-7-20-15-22(36)13-14-31(20,3)30(24)26(37)17-32(25,4)33(28,40-29)27(38)18-41-23-10-8-21(9-11-23)34-19(2)35/h8-11,13-15,24-26,28-30,37H,5-7,12,16-18H2,1-4H3,(H,34,35)/t24?,25?,26-,28+,29?,30?,31?,32?,33+/m0/s1. The van der Waals surface area contributed by atoms with Gasteiger partial charge in [-0.2, -0.15) is 0 Å². The number of carbonyl (C=O) groups excluding carboxylic acids is 3. The van der Waals surface area contributed by atoms with Crippen molar-refractivity contribution in [2.24, 2.45) is 28.6 Å². The van der Waals surface area contributed by atoms with Gasteiger partial charge in [-0.3, -0.25) is 14.4 Å². The minimum absolute atomic E-state index is 0.0150. The Hall–Kier alpha value is -2.26. The molecule has 7 nitrogen and oxygen atoms in total. The number of aliphatic hydroxyl groups excluding tert-OH is 1. The molecule has 4 fully saturated rings. The molecule has 6 unspecified atom stereocenters. The summed E-state index contributed by atoms with van der Waals surface area (Å²) in [6.07, 6.45) is 8.58. The fraction of sp³-hybridized carbons (Fsp3) is 0.606. The zero-order valence-corrected chi connectivity index (χ0v) is 25.2. The normalized spacial score (nSPS) is 40.7. The molecule has 1 aliphatic heterocycles. The number of aliphatic hydroxyl groups is 1. The summed E-state index contributed by atoms with van der Waals surface area (Å²) < 4.78 is 13.3. The molecule has 1 aromatic carbocycles. The van der Waals surface area contributed by atoms with Crippen molar-refractivity contribution in [3.05, 3.63) is 48.1 Å². The maximum Gasteiger partial charge on any atom is 0.221 e. The zero-order valence-electron chi connectivity index (χ0n) is 24.4. The van der Waals surface area contributed by atoms with Crippen molar-refractivity contribution < 1.29 is 29.0 Å². The van der Waals surface area contributed by atoms with E-state index in [4.69, 9.17) is 9.47 Å².